The third-order valence-corrected chi connectivity index (χ3v) is 3.32. The number of rotatable bonds is 9. The Morgan fingerprint density at radius 2 is 1.74 bits per heavy atom. The van der Waals surface area contributed by atoms with Gasteiger partial charge < -0.3 is 15.4 Å². The third kappa shape index (κ3) is 8.99. The minimum atomic E-state index is -0.637. The van der Waals surface area contributed by atoms with E-state index in [0.29, 0.717) is 19.4 Å². The van der Waals surface area contributed by atoms with Crippen LogP contribution < -0.4 is 10.6 Å². The lowest BCUT2D eigenvalue weighted by atomic mass is 10.1. The molecule has 0 fully saturated rings. The number of hydrogen-bond donors (Lipinski definition) is 2. The van der Waals surface area contributed by atoms with Gasteiger partial charge in [-0.3, -0.25) is 9.59 Å². The molecular weight excluding hydrogens is 384 g/mol. The molecule has 6 nitrogen and oxygen atoms in total. The Balaban J connectivity index is 3.96. The molecule has 19 heavy (non-hydrogen) atoms. The fraction of sp³-hybridized carbons (Fsp3) is 0.727. The predicted octanol–water partition coefficient (Wildman–Crippen LogP) is 0.721. The van der Waals surface area contributed by atoms with Gasteiger partial charge in [0.25, 0.3) is 0 Å². The number of carbonyl (C=O) groups excluding carboxylic acids is 3. The Hall–Kier alpha value is -0.630. The van der Waals surface area contributed by atoms with Gasteiger partial charge in [0.1, 0.15) is 6.04 Å². The number of nitrogens with one attached hydrogen (secondary N) is 2. The minimum absolute atomic E-state index is 0.0721. The molecule has 0 aliphatic carbocycles. The highest BCUT2D eigenvalue weighted by Crippen LogP contribution is 2.03. The molecule has 110 valence electrons. The second-order valence-electron chi connectivity index (χ2n) is 3.76. The maximum absolute atomic E-state index is 11.5. The van der Waals surface area contributed by atoms with Gasteiger partial charge in [-0.05, 0) is 19.3 Å². The largest absolute Gasteiger partial charge is 0.467 e. The molecule has 2 N–H and O–H groups in total. The summed E-state index contributed by atoms with van der Waals surface area (Å²) in [5.74, 6) is -0.793. The van der Waals surface area contributed by atoms with Crippen LogP contribution in [0.5, 0.6) is 0 Å². The Labute approximate surface area is 129 Å². The van der Waals surface area contributed by atoms with Gasteiger partial charge in [-0.15, -0.1) is 0 Å². The molecule has 1 atom stereocenters. The minimum Gasteiger partial charge on any atom is -0.467 e. The number of alkyl halides is 2. The fourth-order valence-electron chi connectivity index (χ4n) is 1.37. The van der Waals surface area contributed by atoms with E-state index in [9.17, 15) is 14.4 Å². The number of esters is 1. The van der Waals surface area contributed by atoms with Crippen LogP contribution >= 0.6 is 31.9 Å². The molecular formula is C11H18Br2N2O4. The molecule has 0 saturated heterocycles. The van der Waals surface area contributed by atoms with E-state index >= 15 is 0 Å². The van der Waals surface area contributed by atoms with Crippen LogP contribution in [0, 0.1) is 0 Å². The van der Waals surface area contributed by atoms with E-state index in [2.05, 4.69) is 47.2 Å². The van der Waals surface area contributed by atoms with Gasteiger partial charge in [0.15, 0.2) is 0 Å². The van der Waals surface area contributed by atoms with Crippen molar-refractivity contribution in [3.63, 3.8) is 0 Å². The van der Waals surface area contributed by atoms with Gasteiger partial charge in [-0.2, -0.15) is 0 Å². The fourth-order valence-corrected chi connectivity index (χ4v) is 1.73. The SMILES string of the molecule is COC(=O)C(CCCCNC(=O)CBr)NC(=O)CBr. The highest BCUT2D eigenvalue weighted by atomic mass is 79.9. The summed E-state index contributed by atoms with van der Waals surface area (Å²) in [6.07, 6.45) is 1.91. The Kier molecular flexibility index (Phi) is 10.8. The molecule has 0 aromatic heterocycles. The normalized spacial score (nSPS) is 11.5. The van der Waals surface area contributed by atoms with Gasteiger partial charge >= 0.3 is 5.97 Å². The molecule has 2 amide bonds. The second-order valence-corrected chi connectivity index (χ2v) is 4.88. The summed E-state index contributed by atoms with van der Waals surface area (Å²) in [7, 11) is 1.28. The number of carbonyl (C=O) groups is 3. The summed E-state index contributed by atoms with van der Waals surface area (Å²) in [6.45, 7) is 0.546. The highest BCUT2D eigenvalue weighted by Gasteiger charge is 2.20. The number of halogens is 2. The second kappa shape index (κ2) is 11.2. The summed E-state index contributed by atoms with van der Waals surface area (Å²) in [5.41, 5.74) is 0. The maximum atomic E-state index is 11.5. The van der Waals surface area contributed by atoms with Crippen molar-refractivity contribution < 1.29 is 19.1 Å². The molecule has 0 aliphatic rings. The van der Waals surface area contributed by atoms with E-state index < -0.39 is 12.0 Å². The maximum Gasteiger partial charge on any atom is 0.328 e. The van der Waals surface area contributed by atoms with Crippen molar-refractivity contribution in [3.05, 3.63) is 0 Å². The smallest absolute Gasteiger partial charge is 0.328 e. The van der Waals surface area contributed by atoms with Crippen LogP contribution in [0.25, 0.3) is 0 Å². The van der Waals surface area contributed by atoms with E-state index in [1.807, 2.05) is 0 Å². The third-order valence-electron chi connectivity index (χ3n) is 2.31. The van der Waals surface area contributed by atoms with Crippen LogP contribution in [0.4, 0.5) is 0 Å². The molecule has 0 heterocycles. The first-order valence-corrected chi connectivity index (χ1v) is 8.05. The van der Waals surface area contributed by atoms with Crippen molar-refractivity contribution in [2.75, 3.05) is 24.3 Å². The Morgan fingerprint density at radius 1 is 1.11 bits per heavy atom. The van der Waals surface area contributed by atoms with Crippen LogP contribution in [-0.2, 0) is 19.1 Å². The molecule has 8 heteroatoms. The number of ether oxygens (including phenoxy) is 1. The molecule has 0 radical (unpaired) electrons. The van der Waals surface area contributed by atoms with Crippen molar-refractivity contribution >= 4 is 49.6 Å². The van der Waals surface area contributed by atoms with E-state index in [0.717, 1.165) is 6.42 Å². The van der Waals surface area contributed by atoms with Crippen molar-refractivity contribution in [1.82, 2.24) is 10.6 Å². The van der Waals surface area contributed by atoms with Crippen LogP contribution in [0.1, 0.15) is 19.3 Å². The lowest BCUT2D eigenvalue weighted by Gasteiger charge is -2.15. The Bertz CT molecular complexity index is 313. The van der Waals surface area contributed by atoms with Gasteiger partial charge in [0.05, 0.1) is 17.8 Å². The van der Waals surface area contributed by atoms with Crippen LogP contribution in [0.2, 0.25) is 0 Å². The van der Waals surface area contributed by atoms with Gasteiger partial charge in [-0.1, -0.05) is 31.9 Å². The monoisotopic (exact) mass is 400 g/mol. The zero-order valence-electron chi connectivity index (χ0n) is 10.7. The predicted molar refractivity (Wildman–Crippen MR) is 78.4 cm³/mol. The van der Waals surface area contributed by atoms with Gasteiger partial charge in [0, 0.05) is 6.54 Å². The zero-order chi connectivity index (χ0) is 14.7. The molecule has 0 bridgehead atoms. The molecule has 0 rings (SSSR count). The van der Waals surface area contributed by atoms with E-state index in [4.69, 9.17) is 0 Å². The average molecular weight is 402 g/mol. The van der Waals surface area contributed by atoms with Crippen molar-refractivity contribution in [2.24, 2.45) is 0 Å². The molecule has 1 unspecified atom stereocenters. The number of hydrogen-bond acceptors (Lipinski definition) is 4. The summed E-state index contributed by atoms with van der Waals surface area (Å²) in [6, 6.07) is -0.637. The number of methoxy groups -OCH3 is 1. The van der Waals surface area contributed by atoms with Gasteiger partial charge in [0.2, 0.25) is 11.8 Å². The van der Waals surface area contributed by atoms with Crippen LogP contribution in [0.15, 0.2) is 0 Å². The summed E-state index contributed by atoms with van der Waals surface area (Å²) in [5, 5.41) is 5.69. The van der Waals surface area contributed by atoms with Crippen molar-refractivity contribution in [3.8, 4) is 0 Å². The summed E-state index contributed by atoms with van der Waals surface area (Å²) < 4.78 is 4.63. The molecule has 0 spiro atoms. The summed E-state index contributed by atoms with van der Waals surface area (Å²) in [4.78, 5) is 33.6. The lowest BCUT2D eigenvalue weighted by molar-refractivity contribution is -0.145. The standard InChI is InChI=1S/C11H18Br2N2O4/c1-19-11(18)8(15-10(17)7-13)4-2-3-5-14-9(16)6-12/h8H,2-7H2,1H3,(H,14,16)(H,15,17). The first kappa shape index (κ1) is 18.4. The molecule has 0 aromatic rings. The molecule has 0 aromatic carbocycles. The first-order chi connectivity index (χ1) is 9.04. The highest BCUT2D eigenvalue weighted by molar-refractivity contribution is 9.09. The number of unbranched alkanes of at least 4 members (excludes halogenated alkanes) is 1. The topological polar surface area (TPSA) is 84.5 Å². The van der Waals surface area contributed by atoms with Crippen molar-refractivity contribution in [2.45, 2.75) is 25.3 Å². The van der Waals surface area contributed by atoms with E-state index in [1.165, 1.54) is 7.11 Å². The number of amides is 2. The van der Waals surface area contributed by atoms with Gasteiger partial charge in [-0.25, -0.2) is 4.79 Å². The molecule has 0 saturated carbocycles. The zero-order valence-corrected chi connectivity index (χ0v) is 13.9. The Morgan fingerprint density at radius 3 is 2.26 bits per heavy atom. The van der Waals surface area contributed by atoms with E-state index in [1.54, 1.807) is 0 Å². The van der Waals surface area contributed by atoms with Crippen LogP contribution in [-0.4, -0.2) is 48.1 Å². The van der Waals surface area contributed by atoms with Crippen molar-refractivity contribution in [1.29, 1.82) is 0 Å². The first-order valence-electron chi connectivity index (χ1n) is 5.81. The molecule has 0 aliphatic heterocycles. The lowest BCUT2D eigenvalue weighted by Crippen LogP contribution is -2.42. The van der Waals surface area contributed by atoms with E-state index in [-0.39, 0.29) is 22.5 Å². The quantitative estimate of drug-likeness (QED) is 0.338. The average Bonchev–Trinajstić information content (AvgIpc) is 2.43. The van der Waals surface area contributed by atoms with Crippen LogP contribution in [0.3, 0.4) is 0 Å². The summed E-state index contributed by atoms with van der Waals surface area (Å²) >= 11 is 6.06.